The molecule has 1 aromatic rings. The van der Waals surface area contributed by atoms with E-state index < -0.39 is 0 Å². The highest BCUT2D eigenvalue weighted by Crippen LogP contribution is 2.37. The van der Waals surface area contributed by atoms with Gasteiger partial charge >= 0.3 is 0 Å². The van der Waals surface area contributed by atoms with Crippen LogP contribution in [0.2, 0.25) is 0 Å². The number of rotatable bonds is 5. The van der Waals surface area contributed by atoms with Gasteiger partial charge in [-0.3, -0.25) is 0 Å². The molecular weight excluding hydrogens is 254 g/mol. The minimum absolute atomic E-state index is 0.0811. The number of aliphatic hydroxyl groups excluding tert-OH is 2. The summed E-state index contributed by atoms with van der Waals surface area (Å²) in [5, 5.41) is 19.5. The number of benzene rings is 1. The van der Waals surface area contributed by atoms with Gasteiger partial charge in [-0.25, -0.2) is 0 Å². The molecule has 1 aromatic carbocycles. The van der Waals surface area contributed by atoms with Crippen LogP contribution in [0.4, 0.5) is 0 Å². The lowest BCUT2D eigenvalue weighted by Crippen LogP contribution is -2.53. The molecule has 1 unspecified atom stereocenters. The predicted molar refractivity (Wildman–Crippen MR) is 76.6 cm³/mol. The van der Waals surface area contributed by atoms with Crippen molar-refractivity contribution in [3.8, 4) is 0 Å². The van der Waals surface area contributed by atoms with E-state index in [2.05, 4.69) is 17.0 Å². The van der Waals surface area contributed by atoms with E-state index in [0.717, 1.165) is 26.1 Å². The molecule has 1 atom stereocenters. The van der Waals surface area contributed by atoms with Crippen molar-refractivity contribution < 1.29 is 14.9 Å². The topological polar surface area (TPSA) is 52.9 Å². The summed E-state index contributed by atoms with van der Waals surface area (Å²) in [6.45, 7) is 4.34. The number of hydrogen-bond acceptors (Lipinski definition) is 4. The normalized spacial score (nSPS) is 29.3. The summed E-state index contributed by atoms with van der Waals surface area (Å²) in [6, 6.07) is 10.3. The van der Waals surface area contributed by atoms with Crippen molar-refractivity contribution in [3.05, 3.63) is 35.9 Å². The van der Waals surface area contributed by atoms with Crippen molar-refractivity contribution in [2.24, 2.45) is 5.41 Å². The standard InChI is InChI=1S/C16H23NO3/c18-10-15(12-20-13-15)8-17-7-6-16(9-17,11-19)14-4-2-1-3-5-14/h1-5,18-19H,6-13H2. The van der Waals surface area contributed by atoms with Crippen LogP contribution in [-0.4, -0.2) is 61.2 Å². The van der Waals surface area contributed by atoms with E-state index in [4.69, 9.17) is 4.74 Å². The number of likely N-dealkylation sites (tertiary alicyclic amines) is 1. The first-order valence-corrected chi connectivity index (χ1v) is 7.29. The van der Waals surface area contributed by atoms with Crippen LogP contribution in [0.5, 0.6) is 0 Å². The maximum absolute atomic E-state index is 9.91. The third kappa shape index (κ3) is 2.37. The van der Waals surface area contributed by atoms with Crippen molar-refractivity contribution in [3.63, 3.8) is 0 Å². The molecule has 0 aromatic heterocycles. The Labute approximate surface area is 120 Å². The van der Waals surface area contributed by atoms with Gasteiger partial charge in [0.2, 0.25) is 0 Å². The number of ether oxygens (including phenoxy) is 1. The van der Waals surface area contributed by atoms with Gasteiger partial charge in [0, 0.05) is 18.5 Å². The molecule has 2 fully saturated rings. The molecule has 0 bridgehead atoms. The van der Waals surface area contributed by atoms with Crippen LogP contribution in [0.15, 0.2) is 30.3 Å². The maximum Gasteiger partial charge on any atom is 0.0579 e. The molecule has 0 spiro atoms. The van der Waals surface area contributed by atoms with Crippen LogP contribution in [0.1, 0.15) is 12.0 Å². The molecule has 2 saturated heterocycles. The molecule has 2 aliphatic rings. The highest BCUT2D eigenvalue weighted by Gasteiger charge is 2.45. The zero-order chi connectivity index (χ0) is 14.1. The molecular formula is C16H23NO3. The average Bonchev–Trinajstić information content (AvgIpc) is 2.88. The van der Waals surface area contributed by atoms with Gasteiger partial charge in [0.1, 0.15) is 0 Å². The van der Waals surface area contributed by atoms with E-state index >= 15 is 0 Å². The molecule has 4 nitrogen and oxygen atoms in total. The Balaban J connectivity index is 1.71. The third-order valence-corrected chi connectivity index (χ3v) is 4.83. The fourth-order valence-corrected chi connectivity index (χ4v) is 3.44. The fraction of sp³-hybridized carbons (Fsp3) is 0.625. The molecule has 0 aliphatic carbocycles. The van der Waals surface area contributed by atoms with Crippen LogP contribution in [0.25, 0.3) is 0 Å². The smallest absolute Gasteiger partial charge is 0.0579 e. The number of hydrogen-bond donors (Lipinski definition) is 2. The zero-order valence-electron chi connectivity index (χ0n) is 11.8. The molecule has 110 valence electrons. The predicted octanol–water partition coefficient (Wildman–Crippen LogP) is 0.631. The van der Waals surface area contributed by atoms with E-state index in [-0.39, 0.29) is 24.0 Å². The van der Waals surface area contributed by atoms with Gasteiger partial charge in [-0.1, -0.05) is 30.3 Å². The van der Waals surface area contributed by atoms with Crippen molar-refractivity contribution in [1.82, 2.24) is 4.90 Å². The second kappa shape index (κ2) is 5.45. The Bertz CT molecular complexity index is 441. The first-order valence-electron chi connectivity index (χ1n) is 7.29. The van der Waals surface area contributed by atoms with Crippen molar-refractivity contribution in [1.29, 1.82) is 0 Å². The third-order valence-electron chi connectivity index (χ3n) is 4.83. The molecule has 2 heterocycles. The first-order chi connectivity index (χ1) is 9.72. The second-order valence-corrected chi connectivity index (χ2v) is 6.42. The lowest BCUT2D eigenvalue weighted by molar-refractivity contribution is -0.147. The molecule has 2 N–H and O–H groups in total. The van der Waals surface area contributed by atoms with Crippen LogP contribution >= 0.6 is 0 Å². The van der Waals surface area contributed by atoms with E-state index in [1.807, 2.05) is 18.2 Å². The van der Waals surface area contributed by atoms with E-state index in [1.54, 1.807) is 0 Å². The monoisotopic (exact) mass is 277 g/mol. The minimum Gasteiger partial charge on any atom is -0.396 e. The summed E-state index contributed by atoms with van der Waals surface area (Å²) in [5.74, 6) is 0. The van der Waals surface area contributed by atoms with Crippen LogP contribution in [-0.2, 0) is 10.2 Å². The van der Waals surface area contributed by atoms with E-state index in [0.29, 0.717) is 13.2 Å². The summed E-state index contributed by atoms with van der Waals surface area (Å²) >= 11 is 0. The molecule has 2 aliphatic heterocycles. The Morgan fingerprint density at radius 2 is 1.85 bits per heavy atom. The summed E-state index contributed by atoms with van der Waals surface area (Å²) in [5.41, 5.74) is 0.984. The lowest BCUT2D eigenvalue weighted by atomic mass is 9.80. The van der Waals surface area contributed by atoms with Crippen molar-refractivity contribution in [2.75, 3.05) is 46.1 Å². The molecule has 20 heavy (non-hydrogen) atoms. The summed E-state index contributed by atoms with van der Waals surface area (Å²) in [7, 11) is 0. The molecule has 3 rings (SSSR count). The Morgan fingerprint density at radius 1 is 1.10 bits per heavy atom. The SMILES string of the molecule is OCC1(CN2CCC(CO)(c3ccccc3)C2)COC1. The summed E-state index contributed by atoms with van der Waals surface area (Å²) in [6.07, 6.45) is 0.968. The Kier molecular flexibility index (Phi) is 3.82. The van der Waals surface area contributed by atoms with Crippen molar-refractivity contribution >= 4 is 0 Å². The van der Waals surface area contributed by atoms with Gasteiger partial charge in [-0.15, -0.1) is 0 Å². The number of aliphatic hydroxyl groups is 2. The quantitative estimate of drug-likeness (QED) is 0.829. The summed E-state index contributed by atoms with van der Waals surface area (Å²) in [4.78, 5) is 2.36. The largest absolute Gasteiger partial charge is 0.396 e. The van der Waals surface area contributed by atoms with Crippen LogP contribution in [0, 0.1) is 5.41 Å². The Hall–Kier alpha value is -0.940. The Morgan fingerprint density at radius 3 is 2.40 bits per heavy atom. The van der Waals surface area contributed by atoms with Gasteiger partial charge in [-0.05, 0) is 18.5 Å². The van der Waals surface area contributed by atoms with E-state index in [9.17, 15) is 10.2 Å². The second-order valence-electron chi connectivity index (χ2n) is 6.42. The fourth-order valence-electron chi connectivity index (χ4n) is 3.44. The van der Waals surface area contributed by atoms with Gasteiger partial charge in [-0.2, -0.15) is 0 Å². The first kappa shape index (κ1) is 14.0. The van der Waals surface area contributed by atoms with Gasteiger partial charge in [0.15, 0.2) is 0 Å². The van der Waals surface area contributed by atoms with Gasteiger partial charge in [0.25, 0.3) is 0 Å². The zero-order valence-corrected chi connectivity index (χ0v) is 11.8. The van der Waals surface area contributed by atoms with Gasteiger partial charge < -0.3 is 19.8 Å². The molecule has 0 amide bonds. The van der Waals surface area contributed by atoms with Crippen molar-refractivity contribution in [2.45, 2.75) is 11.8 Å². The van der Waals surface area contributed by atoms with Gasteiger partial charge in [0.05, 0.1) is 31.8 Å². The maximum atomic E-state index is 9.91. The van der Waals surface area contributed by atoms with Crippen LogP contribution < -0.4 is 0 Å². The molecule has 0 saturated carbocycles. The number of nitrogens with zero attached hydrogens (tertiary/aromatic N) is 1. The highest BCUT2D eigenvalue weighted by atomic mass is 16.5. The van der Waals surface area contributed by atoms with E-state index in [1.165, 1.54) is 5.56 Å². The molecule has 0 radical (unpaired) electrons. The lowest BCUT2D eigenvalue weighted by Gasteiger charge is -2.42. The van der Waals surface area contributed by atoms with Crippen LogP contribution in [0.3, 0.4) is 0 Å². The minimum atomic E-state index is -0.150. The average molecular weight is 277 g/mol. The molecule has 4 heteroatoms. The highest BCUT2D eigenvalue weighted by molar-refractivity contribution is 5.27. The summed E-state index contributed by atoms with van der Waals surface area (Å²) < 4.78 is 5.27.